The van der Waals surface area contributed by atoms with Crippen molar-refractivity contribution in [1.82, 2.24) is 10.3 Å². The molecule has 0 radical (unpaired) electrons. The maximum atomic E-state index is 11.9. The van der Waals surface area contributed by atoms with Gasteiger partial charge in [-0.2, -0.15) is 11.3 Å². The summed E-state index contributed by atoms with van der Waals surface area (Å²) in [6, 6.07) is 3.36. The lowest BCUT2D eigenvalue weighted by Gasteiger charge is -2.06. The molecule has 8 heteroatoms. The first-order valence-corrected chi connectivity index (χ1v) is 7.83. The summed E-state index contributed by atoms with van der Waals surface area (Å²) in [7, 11) is 1.27. The molecule has 0 unspecified atom stereocenters. The zero-order valence-electron chi connectivity index (χ0n) is 12.8. The first kappa shape index (κ1) is 16.8. The van der Waals surface area contributed by atoms with Crippen LogP contribution in [0.1, 0.15) is 33.0 Å². The average molecular weight is 335 g/mol. The molecule has 0 saturated heterocycles. The van der Waals surface area contributed by atoms with Crippen LogP contribution in [0.25, 0.3) is 0 Å². The van der Waals surface area contributed by atoms with Crippen LogP contribution in [-0.4, -0.2) is 36.4 Å². The lowest BCUT2D eigenvalue weighted by molar-refractivity contribution is -0.116. The Morgan fingerprint density at radius 1 is 1.35 bits per heavy atom. The van der Waals surface area contributed by atoms with E-state index in [1.807, 2.05) is 5.38 Å². The summed E-state index contributed by atoms with van der Waals surface area (Å²) in [5.74, 6) is -1.08. The van der Waals surface area contributed by atoms with Gasteiger partial charge in [-0.25, -0.2) is 4.79 Å². The van der Waals surface area contributed by atoms with Crippen molar-refractivity contribution in [2.75, 3.05) is 19.0 Å². The van der Waals surface area contributed by atoms with E-state index in [1.165, 1.54) is 18.4 Å². The van der Waals surface area contributed by atoms with E-state index in [4.69, 9.17) is 0 Å². The first-order chi connectivity index (χ1) is 11.0. The van der Waals surface area contributed by atoms with Crippen LogP contribution in [0.4, 0.5) is 5.69 Å². The molecule has 7 nitrogen and oxygen atoms in total. The third-order valence-corrected chi connectivity index (χ3v) is 3.72. The quantitative estimate of drug-likeness (QED) is 0.702. The van der Waals surface area contributed by atoms with E-state index in [9.17, 15) is 14.4 Å². The Labute approximate surface area is 137 Å². The van der Waals surface area contributed by atoms with Crippen molar-refractivity contribution in [3.63, 3.8) is 0 Å². The molecule has 0 saturated carbocycles. The van der Waals surface area contributed by atoms with Gasteiger partial charge in [0.2, 0.25) is 5.91 Å². The Kier molecular flexibility index (Phi) is 5.53. The Hall–Kier alpha value is -2.61. The van der Waals surface area contributed by atoms with E-state index in [1.54, 1.807) is 24.4 Å². The molecule has 0 aliphatic heterocycles. The molecule has 2 heterocycles. The largest absolute Gasteiger partial charge is 0.464 e. The number of methoxy groups -OCH3 is 1. The number of ether oxygens (including phenoxy) is 1. The second-order valence-electron chi connectivity index (χ2n) is 4.80. The van der Waals surface area contributed by atoms with Crippen LogP contribution < -0.4 is 10.6 Å². The van der Waals surface area contributed by atoms with E-state index in [-0.39, 0.29) is 30.5 Å². The number of carbonyl (C=O) groups is 3. The third kappa shape index (κ3) is 4.43. The second-order valence-corrected chi connectivity index (χ2v) is 5.58. The van der Waals surface area contributed by atoms with Crippen LogP contribution in [-0.2, 0) is 9.53 Å². The number of rotatable bonds is 6. The van der Waals surface area contributed by atoms with Gasteiger partial charge in [0.05, 0.1) is 12.8 Å². The highest BCUT2D eigenvalue weighted by molar-refractivity contribution is 7.08. The predicted octanol–water partition coefficient (Wildman–Crippen LogP) is 1.93. The molecule has 2 amide bonds. The summed E-state index contributed by atoms with van der Waals surface area (Å²) in [4.78, 5) is 38.1. The highest BCUT2D eigenvalue weighted by atomic mass is 32.1. The molecule has 0 bridgehead atoms. The van der Waals surface area contributed by atoms with Crippen LogP contribution in [0.5, 0.6) is 0 Å². The topological polar surface area (TPSA) is 100 Å². The van der Waals surface area contributed by atoms with Crippen molar-refractivity contribution in [2.45, 2.75) is 13.3 Å². The van der Waals surface area contributed by atoms with E-state index in [0.29, 0.717) is 11.3 Å². The number of H-pyrrole nitrogens is 1. The molecule has 3 N–H and O–H groups in total. The number of carbonyl (C=O) groups excluding carboxylic acids is 3. The standard InChI is InChI=1S/C15H17N3O4S/c1-9-7-11(13(17-9)15(21)22-2)18-12(19)3-5-16-14(20)10-4-6-23-8-10/h4,6-8,17H,3,5H2,1-2H3,(H,16,20)(H,18,19). The summed E-state index contributed by atoms with van der Waals surface area (Å²) in [5, 5.41) is 8.84. The van der Waals surface area contributed by atoms with Gasteiger partial charge in [0.25, 0.3) is 5.91 Å². The lowest BCUT2D eigenvalue weighted by atomic mass is 10.3. The molecule has 23 heavy (non-hydrogen) atoms. The maximum Gasteiger partial charge on any atom is 0.356 e. The summed E-state index contributed by atoms with van der Waals surface area (Å²) in [5.41, 5.74) is 1.86. The minimum absolute atomic E-state index is 0.0979. The Morgan fingerprint density at radius 3 is 2.78 bits per heavy atom. The molecule has 0 spiro atoms. The second kappa shape index (κ2) is 7.59. The summed E-state index contributed by atoms with van der Waals surface area (Å²) in [6.07, 6.45) is 0.0979. The van der Waals surface area contributed by atoms with Crippen molar-refractivity contribution in [2.24, 2.45) is 0 Å². The van der Waals surface area contributed by atoms with Gasteiger partial charge in [0.1, 0.15) is 5.69 Å². The van der Waals surface area contributed by atoms with Crippen LogP contribution in [0.2, 0.25) is 0 Å². The number of nitrogens with one attached hydrogen (secondary N) is 3. The molecule has 122 valence electrons. The monoisotopic (exact) mass is 335 g/mol. The van der Waals surface area contributed by atoms with Gasteiger partial charge in [0, 0.05) is 29.6 Å². The maximum absolute atomic E-state index is 11.9. The van der Waals surface area contributed by atoms with E-state index in [2.05, 4.69) is 20.4 Å². The van der Waals surface area contributed by atoms with Crippen molar-refractivity contribution >= 4 is 34.8 Å². The van der Waals surface area contributed by atoms with Crippen molar-refractivity contribution in [1.29, 1.82) is 0 Å². The highest BCUT2D eigenvalue weighted by Crippen LogP contribution is 2.17. The number of hydrogen-bond acceptors (Lipinski definition) is 5. The van der Waals surface area contributed by atoms with Gasteiger partial charge in [-0.05, 0) is 24.4 Å². The van der Waals surface area contributed by atoms with Crippen molar-refractivity contribution < 1.29 is 19.1 Å². The molecular formula is C15H17N3O4S. The number of aromatic amines is 1. The smallest absolute Gasteiger partial charge is 0.356 e. The molecule has 2 rings (SSSR count). The minimum atomic E-state index is -0.556. The Morgan fingerprint density at radius 2 is 2.13 bits per heavy atom. The Bertz CT molecular complexity index is 706. The SMILES string of the molecule is COC(=O)c1[nH]c(C)cc1NC(=O)CCNC(=O)c1ccsc1. The van der Waals surface area contributed by atoms with E-state index >= 15 is 0 Å². The number of anilines is 1. The molecule has 0 aromatic carbocycles. The van der Waals surface area contributed by atoms with Crippen LogP contribution in [0.3, 0.4) is 0 Å². The van der Waals surface area contributed by atoms with Crippen molar-refractivity contribution in [3.05, 3.63) is 39.8 Å². The fourth-order valence-electron chi connectivity index (χ4n) is 1.95. The van der Waals surface area contributed by atoms with Crippen LogP contribution in [0, 0.1) is 6.92 Å². The van der Waals surface area contributed by atoms with Gasteiger partial charge in [-0.15, -0.1) is 0 Å². The number of amides is 2. The summed E-state index contributed by atoms with van der Waals surface area (Å²) >= 11 is 1.43. The van der Waals surface area contributed by atoms with Crippen LogP contribution >= 0.6 is 11.3 Å². The molecule has 2 aromatic heterocycles. The van der Waals surface area contributed by atoms with Gasteiger partial charge in [-0.1, -0.05) is 0 Å². The molecule has 2 aromatic rings. The van der Waals surface area contributed by atoms with Gasteiger partial charge in [-0.3, -0.25) is 9.59 Å². The number of esters is 1. The number of hydrogen-bond donors (Lipinski definition) is 3. The van der Waals surface area contributed by atoms with E-state index < -0.39 is 5.97 Å². The first-order valence-electron chi connectivity index (χ1n) is 6.89. The summed E-state index contributed by atoms with van der Waals surface area (Å²) in [6.45, 7) is 1.97. The predicted molar refractivity (Wildman–Crippen MR) is 86.8 cm³/mol. The summed E-state index contributed by atoms with van der Waals surface area (Å²) < 4.78 is 4.65. The Balaban J connectivity index is 1.85. The van der Waals surface area contributed by atoms with E-state index in [0.717, 1.165) is 5.69 Å². The molecular weight excluding hydrogens is 318 g/mol. The van der Waals surface area contributed by atoms with Gasteiger partial charge < -0.3 is 20.4 Å². The van der Waals surface area contributed by atoms with Crippen LogP contribution in [0.15, 0.2) is 22.9 Å². The molecule has 0 fully saturated rings. The normalized spacial score (nSPS) is 10.2. The zero-order valence-corrected chi connectivity index (χ0v) is 13.6. The third-order valence-electron chi connectivity index (χ3n) is 3.04. The zero-order chi connectivity index (χ0) is 16.8. The highest BCUT2D eigenvalue weighted by Gasteiger charge is 2.16. The molecule has 0 aliphatic carbocycles. The average Bonchev–Trinajstić information content (AvgIpc) is 3.16. The number of aromatic nitrogens is 1. The molecule has 0 atom stereocenters. The van der Waals surface area contributed by atoms with Crippen molar-refractivity contribution in [3.8, 4) is 0 Å². The number of aryl methyl sites for hydroxylation is 1. The van der Waals surface area contributed by atoms with Gasteiger partial charge >= 0.3 is 5.97 Å². The molecule has 0 aliphatic rings. The lowest BCUT2D eigenvalue weighted by Crippen LogP contribution is -2.27. The number of thiophene rings is 1. The fourth-order valence-corrected chi connectivity index (χ4v) is 2.58. The minimum Gasteiger partial charge on any atom is -0.464 e. The van der Waals surface area contributed by atoms with Gasteiger partial charge in [0.15, 0.2) is 0 Å². The fraction of sp³-hybridized carbons (Fsp3) is 0.267.